The zero-order valence-corrected chi connectivity index (χ0v) is 14.4. The highest BCUT2D eigenvalue weighted by molar-refractivity contribution is 7.14. The zero-order chi connectivity index (χ0) is 20.4. The van der Waals surface area contributed by atoms with E-state index in [1.165, 1.54) is 11.4 Å². The Hall–Kier alpha value is -3.80. The third-order valence-corrected chi connectivity index (χ3v) is 4.28. The highest BCUT2D eigenvalue weighted by Gasteiger charge is 2.20. The number of carbonyl (C=O) groups is 1. The lowest BCUT2D eigenvalue weighted by atomic mass is 10.1. The van der Waals surface area contributed by atoms with Crippen molar-refractivity contribution in [3.05, 3.63) is 79.2 Å². The molecule has 0 saturated heterocycles. The standard InChI is InChI=1S/C16H8F2N4O5S/c17-12-2-1-8(5-13(12)18)14-7-28-16(19-14)20-15(23)9-3-10(21(24)25)6-11(4-9)22(26)27/h1-7H,(H,19,20,23). The van der Waals surface area contributed by atoms with E-state index >= 15 is 0 Å². The van der Waals surface area contributed by atoms with Crippen molar-refractivity contribution in [3.63, 3.8) is 0 Å². The summed E-state index contributed by atoms with van der Waals surface area (Å²) in [5.41, 5.74) is -0.974. The number of hydrogen-bond acceptors (Lipinski definition) is 7. The zero-order valence-electron chi connectivity index (χ0n) is 13.6. The molecule has 3 aromatic rings. The van der Waals surface area contributed by atoms with Gasteiger partial charge in [0.2, 0.25) is 0 Å². The van der Waals surface area contributed by atoms with Crippen LogP contribution in [0.5, 0.6) is 0 Å². The molecular formula is C16H8F2N4O5S. The smallest absolute Gasteiger partial charge is 0.277 e. The van der Waals surface area contributed by atoms with E-state index in [-0.39, 0.29) is 22.0 Å². The highest BCUT2D eigenvalue weighted by atomic mass is 32.1. The van der Waals surface area contributed by atoms with Crippen molar-refractivity contribution in [2.75, 3.05) is 5.32 Å². The van der Waals surface area contributed by atoms with Crippen LogP contribution in [-0.2, 0) is 0 Å². The van der Waals surface area contributed by atoms with Crippen LogP contribution >= 0.6 is 11.3 Å². The van der Waals surface area contributed by atoms with E-state index in [2.05, 4.69) is 10.3 Å². The molecule has 0 fully saturated rings. The summed E-state index contributed by atoms with van der Waals surface area (Å²) in [5, 5.41) is 25.7. The van der Waals surface area contributed by atoms with Gasteiger partial charge >= 0.3 is 0 Å². The third-order valence-electron chi connectivity index (χ3n) is 3.53. The molecule has 0 bridgehead atoms. The number of benzene rings is 2. The minimum absolute atomic E-state index is 0.0684. The fraction of sp³-hybridized carbons (Fsp3) is 0. The summed E-state index contributed by atoms with van der Waals surface area (Å²) in [5.74, 6) is -2.92. The average Bonchev–Trinajstić information content (AvgIpc) is 3.11. The molecule has 0 spiro atoms. The number of non-ortho nitro benzene ring substituents is 2. The summed E-state index contributed by atoms with van der Waals surface area (Å²) in [4.78, 5) is 36.5. The first-order valence-corrected chi connectivity index (χ1v) is 8.29. The molecule has 1 aromatic heterocycles. The lowest BCUT2D eigenvalue weighted by molar-refractivity contribution is -0.394. The Morgan fingerprint density at radius 3 is 2.21 bits per heavy atom. The quantitative estimate of drug-likeness (QED) is 0.500. The van der Waals surface area contributed by atoms with Crippen molar-refractivity contribution in [2.45, 2.75) is 0 Å². The Labute approximate surface area is 158 Å². The maximum atomic E-state index is 13.3. The van der Waals surface area contributed by atoms with Gasteiger partial charge in [-0.1, -0.05) is 0 Å². The third kappa shape index (κ3) is 3.96. The lowest BCUT2D eigenvalue weighted by Gasteiger charge is -2.02. The summed E-state index contributed by atoms with van der Waals surface area (Å²) in [6, 6.07) is 5.72. The first-order valence-electron chi connectivity index (χ1n) is 7.41. The fourth-order valence-corrected chi connectivity index (χ4v) is 2.94. The molecule has 0 aliphatic carbocycles. The van der Waals surface area contributed by atoms with Crippen LogP contribution in [0, 0.1) is 31.9 Å². The predicted octanol–water partition coefficient (Wildman–Crippen LogP) is 4.16. The molecule has 0 saturated carbocycles. The van der Waals surface area contributed by atoms with E-state index in [0.717, 1.165) is 41.7 Å². The van der Waals surface area contributed by atoms with Crippen molar-refractivity contribution in [1.29, 1.82) is 0 Å². The van der Waals surface area contributed by atoms with E-state index in [1.54, 1.807) is 0 Å². The maximum Gasteiger partial charge on any atom is 0.277 e. The molecule has 12 heteroatoms. The molecule has 3 rings (SSSR count). The number of carbonyl (C=O) groups excluding carboxylic acids is 1. The van der Waals surface area contributed by atoms with Crippen molar-refractivity contribution in [1.82, 2.24) is 4.98 Å². The summed E-state index contributed by atoms with van der Waals surface area (Å²) < 4.78 is 26.3. The summed E-state index contributed by atoms with van der Waals surface area (Å²) in [6.07, 6.45) is 0. The largest absolute Gasteiger partial charge is 0.298 e. The van der Waals surface area contributed by atoms with Gasteiger partial charge in [0.1, 0.15) is 0 Å². The Bertz CT molecular complexity index is 1090. The van der Waals surface area contributed by atoms with Crippen LogP contribution in [0.25, 0.3) is 11.3 Å². The van der Waals surface area contributed by atoms with E-state index < -0.39 is 38.8 Å². The van der Waals surface area contributed by atoms with Crippen molar-refractivity contribution >= 4 is 33.8 Å². The Balaban J connectivity index is 1.86. The van der Waals surface area contributed by atoms with Crippen LogP contribution in [0.3, 0.4) is 0 Å². The second-order valence-electron chi connectivity index (χ2n) is 5.37. The number of amides is 1. The van der Waals surface area contributed by atoms with Crippen LogP contribution < -0.4 is 5.32 Å². The maximum absolute atomic E-state index is 13.3. The van der Waals surface area contributed by atoms with Gasteiger partial charge in [-0.15, -0.1) is 11.3 Å². The highest BCUT2D eigenvalue weighted by Crippen LogP contribution is 2.27. The number of rotatable bonds is 5. The van der Waals surface area contributed by atoms with Gasteiger partial charge in [-0.05, 0) is 18.2 Å². The fourth-order valence-electron chi connectivity index (χ4n) is 2.23. The van der Waals surface area contributed by atoms with E-state index in [0.29, 0.717) is 0 Å². The number of nitrogens with one attached hydrogen (secondary N) is 1. The van der Waals surface area contributed by atoms with E-state index in [1.807, 2.05) is 0 Å². The average molecular weight is 406 g/mol. The van der Waals surface area contributed by atoms with Crippen molar-refractivity contribution in [3.8, 4) is 11.3 Å². The number of halogens is 2. The molecule has 2 aromatic carbocycles. The first-order chi connectivity index (χ1) is 13.2. The SMILES string of the molecule is O=C(Nc1nc(-c2ccc(F)c(F)c2)cs1)c1cc([N+](=O)[O-])cc([N+](=O)[O-])c1. The van der Waals surface area contributed by atoms with Crippen LogP contribution in [0.15, 0.2) is 41.8 Å². The summed E-state index contributed by atoms with van der Waals surface area (Å²) in [7, 11) is 0. The first kappa shape index (κ1) is 19.0. The van der Waals surface area contributed by atoms with E-state index in [9.17, 15) is 33.8 Å². The Morgan fingerprint density at radius 2 is 1.64 bits per heavy atom. The molecule has 0 unspecified atom stereocenters. The number of anilines is 1. The topological polar surface area (TPSA) is 128 Å². The van der Waals surface area contributed by atoms with Gasteiger partial charge in [0, 0.05) is 23.1 Å². The van der Waals surface area contributed by atoms with Gasteiger partial charge in [-0.25, -0.2) is 13.8 Å². The normalized spacial score (nSPS) is 10.5. The van der Waals surface area contributed by atoms with Crippen LogP contribution in [0.1, 0.15) is 10.4 Å². The number of thiazole rings is 1. The second-order valence-corrected chi connectivity index (χ2v) is 6.23. The second kappa shape index (κ2) is 7.44. The number of nitro groups is 2. The number of hydrogen-bond donors (Lipinski definition) is 1. The van der Waals surface area contributed by atoms with Crippen LogP contribution in [0.2, 0.25) is 0 Å². The number of aromatic nitrogens is 1. The molecule has 1 heterocycles. The lowest BCUT2D eigenvalue weighted by Crippen LogP contribution is -2.12. The number of nitro benzene ring substituents is 2. The Morgan fingerprint density at radius 1 is 1.00 bits per heavy atom. The molecule has 28 heavy (non-hydrogen) atoms. The van der Waals surface area contributed by atoms with Gasteiger partial charge in [-0.2, -0.15) is 0 Å². The van der Waals surface area contributed by atoms with Gasteiger partial charge in [0.15, 0.2) is 16.8 Å². The molecule has 1 amide bonds. The molecule has 1 N–H and O–H groups in total. The molecular weight excluding hydrogens is 398 g/mol. The van der Waals surface area contributed by atoms with Gasteiger partial charge in [0.05, 0.1) is 27.2 Å². The molecule has 0 atom stereocenters. The molecule has 9 nitrogen and oxygen atoms in total. The van der Waals surface area contributed by atoms with Gasteiger partial charge < -0.3 is 0 Å². The summed E-state index contributed by atoms with van der Waals surface area (Å²) in [6.45, 7) is 0. The van der Waals surface area contributed by atoms with E-state index in [4.69, 9.17) is 0 Å². The van der Waals surface area contributed by atoms with Crippen molar-refractivity contribution < 1.29 is 23.4 Å². The Kier molecular flexibility index (Phi) is 5.04. The minimum atomic E-state index is -1.06. The monoisotopic (exact) mass is 406 g/mol. The molecule has 0 aliphatic rings. The predicted molar refractivity (Wildman–Crippen MR) is 95.2 cm³/mol. The van der Waals surface area contributed by atoms with Crippen LogP contribution in [0.4, 0.5) is 25.3 Å². The summed E-state index contributed by atoms with van der Waals surface area (Å²) >= 11 is 0.971. The molecule has 0 aliphatic heterocycles. The van der Waals surface area contributed by atoms with Gasteiger partial charge in [0.25, 0.3) is 17.3 Å². The van der Waals surface area contributed by atoms with Gasteiger partial charge in [-0.3, -0.25) is 30.3 Å². The minimum Gasteiger partial charge on any atom is -0.298 e. The number of nitrogens with zero attached hydrogens (tertiary/aromatic N) is 3. The molecule has 142 valence electrons. The van der Waals surface area contributed by atoms with Crippen molar-refractivity contribution in [2.24, 2.45) is 0 Å². The molecule has 0 radical (unpaired) electrons. The van der Waals surface area contributed by atoms with Crippen LogP contribution in [-0.4, -0.2) is 20.7 Å².